The maximum atomic E-state index is 12.0. The first-order chi connectivity index (χ1) is 10.7. The molecule has 0 spiro atoms. The lowest BCUT2D eigenvalue weighted by atomic mass is 10.1. The van der Waals surface area contributed by atoms with Crippen LogP contribution in [-0.4, -0.2) is 26.2 Å². The molecular weight excluding hydrogens is 278 g/mol. The summed E-state index contributed by atoms with van der Waals surface area (Å²) in [5, 5.41) is 3.26. The van der Waals surface area contributed by atoms with Crippen molar-refractivity contribution in [1.82, 2.24) is 5.32 Å². The predicted octanol–water partition coefficient (Wildman–Crippen LogP) is 2.57. The third-order valence-electron chi connectivity index (χ3n) is 3.46. The van der Waals surface area contributed by atoms with Crippen LogP contribution in [0.25, 0.3) is 0 Å². The summed E-state index contributed by atoms with van der Waals surface area (Å²) in [7, 11) is 3.05. The Morgan fingerprint density at radius 3 is 2.45 bits per heavy atom. The van der Waals surface area contributed by atoms with Gasteiger partial charge in [0.25, 0.3) is 0 Å². The van der Waals surface area contributed by atoms with Crippen LogP contribution in [0.15, 0.2) is 54.6 Å². The van der Waals surface area contributed by atoms with Crippen molar-refractivity contribution in [1.29, 1.82) is 0 Å². The molecule has 0 fully saturated rings. The van der Waals surface area contributed by atoms with Gasteiger partial charge in [0, 0.05) is 6.54 Å². The molecule has 116 valence electrons. The van der Waals surface area contributed by atoms with Gasteiger partial charge < -0.3 is 14.8 Å². The smallest absolute Gasteiger partial charge is 0.323 e. The summed E-state index contributed by atoms with van der Waals surface area (Å²) in [6.45, 7) is 0.573. The molecule has 0 unspecified atom stereocenters. The highest BCUT2D eigenvalue weighted by Crippen LogP contribution is 2.13. The molecule has 1 atom stereocenters. The molecule has 2 rings (SSSR count). The van der Waals surface area contributed by atoms with Gasteiger partial charge in [-0.15, -0.1) is 0 Å². The van der Waals surface area contributed by atoms with E-state index in [0.717, 1.165) is 16.9 Å². The van der Waals surface area contributed by atoms with Gasteiger partial charge >= 0.3 is 5.97 Å². The van der Waals surface area contributed by atoms with Gasteiger partial charge in [0.1, 0.15) is 11.8 Å². The van der Waals surface area contributed by atoms with E-state index in [1.807, 2.05) is 54.6 Å². The Morgan fingerprint density at radius 1 is 1.05 bits per heavy atom. The molecule has 0 aliphatic rings. The summed E-state index contributed by atoms with van der Waals surface area (Å²) in [6, 6.07) is 17.3. The van der Waals surface area contributed by atoms with Crippen LogP contribution in [-0.2, 0) is 22.5 Å². The lowest BCUT2D eigenvalue weighted by Crippen LogP contribution is -2.39. The van der Waals surface area contributed by atoms with Crippen molar-refractivity contribution in [2.45, 2.75) is 19.0 Å². The number of benzene rings is 2. The molecular formula is C18H21NO3. The van der Waals surface area contributed by atoms with Crippen LogP contribution in [0.3, 0.4) is 0 Å². The van der Waals surface area contributed by atoms with Gasteiger partial charge in [-0.3, -0.25) is 4.79 Å². The van der Waals surface area contributed by atoms with E-state index in [1.54, 1.807) is 7.11 Å². The van der Waals surface area contributed by atoms with Crippen molar-refractivity contribution in [3.8, 4) is 5.75 Å². The minimum Gasteiger partial charge on any atom is -0.497 e. The van der Waals surface area contributed by atoms with Gasteiger partial charge in [-0.1, -0.05) is 42.5 Å². The second-order valence-corrected chi connectivity index (χ2v) is 5.00. The number of ether oxygens (including phenoxy) is 2. The molecule has 0 heterocycles. The molecule has 4 nitrogen and oxygen atoms in total. The zero-order chi connectivity index (χ0) is 15.8. The van der Waals surface area contributed by atoms with Crippen molar-refractivity contribution in [3.63, 3.8) is 0 Å². The van der Waals surface area contributed by atoms with Crippen molar-refractivity contribution < 1.29 is 14.3 Å². The van der Waals surface area contributed by atoms with E-state index >= 15 is 0 Å². The van der Waals surface area contributed by atoms with Gasteiger partial charge in [0.05, 0.1) is 14.2 Å². The number of rotatable bonds is 7. The second kappa shape index (κ2) is 8.20. The minimum atomic E-state index is -0.376. The Bertz CT molecular complexity index is 598. The molecule has 22 heavy (non-hydrogen) atoms. The van der Waals surface area contributed by atoms with Crippen LogP contribution < -0.4 is 10.1 Å². The molecule has 0 amide bonds. The Balaban J connectivity index is 2.02. The number of carbonyl (C=O) groups is 1. The third-order valence-corrected chi connectivity index (χ3v) is 3.46. The van der Waals surface area contributed by atoms with Crippen molar-refractivity contribution in [3.05, 3.63) is 65.7 Å². The van der Waals surface area contributed by atoms with Crippen molar-refractivity contribution >= 4 is 5.97 Å². The summed E-state index contributed by atoms with van der Waals surface area (Å²) >= 11 is 0. The van der Waals surface area contributed by atoms with Crippen LogP contribution >= 0.6 is 0 Å². The van der Waals surface area contributed by atoms with Gasteiger partial charge in [-0.2, -0.15) is 0 Å². The zero-order valence-electron chi connectivity index (χ0n) is 12.9. The standard InChI is InChI=1S/C18H21NO3/c1-21-16-10-6-9-15(11-16)13-19-17(18(20)22-2)12-14-7-4-3-5-8-14/h3-11,17,19H,12-13H2,1-2H3/t17-/m0/s1. The first kappa shape index (κ1) is 16.0. The molecule has 0 aromatic heterocycles. The van der Waals surface area contributed by atoms with Gasteiger partial charge in [-0.25, -0.2) is 0 Å². The summed E-state index contributed by atoms with van der Waals surface area (Å²) < 4.78 is 10.1. The average Bonchev–Trinajstić information content (AvgIpc) is 2.59. The summed E-state index contributed by atoms with van der Waals surface area (Å²) in [5.74, 6) is 0.545. The normalized spacial score (nSPS) is 11.7. The van der Waals surface area contributed by atoms with E-state index in [-0.39, 0.29) is 12.0 Å². The van der Waals surface area contributed by atoms with E-state index in [1.165, 1.54) is 7.11 Å². The Morgan fingerprint density at radius 2 is 1.77 bits per heavy atom. The summed E-state index contributed by atoms with van der Waals surface area (Å²) in [6.07, 6.45) is 0.595. The maximum absolute atomic E-state index is 12.0. The Hall–Kier alpha value is -2.33. The summed E-state index contributed by atoms with van der Waals surface area (Å²) in [5.41, 5.74) is 2.15. The zero-order valence-corrected chi connectivity index (χ0v) is 12.9. The SMILES string of the molecule is COC(=O)[C@H](Cc1ccccc1)NCc1cccc(OC)c1. The highest BCUT2D eigenvalue weighted by molar-refractivity contribution is 5.76. The molecule has 0 saturated carbocycles. The number of hydrogen-bond donors (Lipinski definition) is 1. The van der Waals surface area contributed by atoms with Crippen LogP contribution in [0.1, 0.15) is 11.1 Å². The molecule has 0 aliphatic heterocycles. The highest BCUT2D eigenvalue weighted by atomic mass is 16.5. The predicted molar refractivity (Wildman–Crippen MR) is 85.8 cm³/mol. The molecule has 0 aliphatic carbocycles. The van der Waals surface area contributed by atoms with Gasteiger partial charge in [-0.05, 0) is 29.7 Å². The lowest BCUT2D eigenvalue weighted by molar-refractivity contribution is -0.143. The fourth-order valence-electron chi connectivity index (χ4n) is 2.25. The first-order valence-corrected chi connectivity index (χ1v) is 7.21. The monoisotopic (exact) mass is 299 g/mol. The molecule has 0 bridgehead atoms. The van der Waals surface area contributed by atoms with E-state index in [4.69, 9.17) is 9.47 Å². The van der Waals surface area contributed by atoms with E-state index in [9.17, 15) is 4.79 Å². The fraction of sp³-hybridized carbons (Fsp3) is 0.278. The second-order valence-electron chi connectivity index (χ2n) is 5.00. The van der Waals surface area contributed by atoms with Gasteiger partial charge in [0.15, 0.2) is 0 Å². The maximum Gasteiger partial charge on any atom is 0.323 e. The topological polar surface area (TPSA) is 47.6 Å². The van der Waals surface area contributed by atoms with E-state index < -0.39 is 0 Å². The lowest BCUT2D eigenvalue weighted by Gasteiger charge is -2.17. The number of hydrogen-bond acceptors (Lipinski definition) is 4. The summed E-state index contributed by atoms with van der Waals surface area (Å²) in [4.78, 5) is 12.0. The molecule has 0 saturated heterocycles. The van der Waals surface area contributed by atoms with Crippen molar-refractivity contribution in [2.75, 3.05) is 14.2 Å². The van der Waals surface area contributed by atoms with E-state index in [2.05, 4.69) is 5.32 Å². The van der Waals surface area contributed by atoms with Crippen LogP contribution in [0.4, 0.5) is 0 Å². The average molecular weight is 299 g/mol. The molecule has 4 heteroatoms. The quantitative estimate of drug-likeness (QED) is 0.798. The minimum absolute atomic E-state index is 0.258. The highest BCUT2D eigenvalue weighted by Gasteiger charge is 2.19. The van der Waals surface area contributed by atoms with Crippen molar-refractivity contribution in [2.24, 2.45) is 0 Å². The van der Waals surface area contributed by atoms with Crippen LogP contribution in [0.5, 0.6) is 5.75 Å². The molecule has 1 N–H and O–H groups in total. The van der Waals surface area contributed by atoms with E-state index in [0.29, 0.717) is 13.0 Å². The van der Waals surface area contributed by atoms with Crippen LogP contribution in [0, 0.1) is 0 Å². The Kier molecular flexibility index (Phi) is 5.98. The molecule has 0 radical (unpaired) electrons. The van der Waals surface area contributed by atoms with Crippen LogP contribution in [0.2, 0.25) is 0 Å². The number of nitrogens with one attached hydrogen (secondary N) is 1. The fourth-order valence-corrected chi connectivity index (χ4v) is 2.25. The number of methoxy groups -OCH3 is 2. The largest absolute Gasteiger partial charge is 0.497 e. The number of carbonyl (C=O) groups excluding carboxylic acids is 1. The van der Waals surface area contributed by atoms with Gasteiger partial charge in [0.2, 0.25) is 0 Å². The first-order valence-electron chi connectivity index (χ1n) is 7.21. The molecule has 2 aromatic rings. The third kappa shape index (κ3) is 4.60. The Labute approximate surface area is 131 Å². The molecule has 2 aromatic carbocycles. The number of esters is 1.